The first kappa shape index (κ1) is 15.8. The second-order valence-electron chi connectivity index (χ2n) is 6.58. The molecule has 2 aromatic rings. The largest absolute Gasteiger partial charge is 0.469 e. The SMILES string of the molecule is Cc1occc1-c1noc(CCC(CCN)C(C)(C)C)n1. The van der Waals surface area contributed by atoms with Crippen LogP contribution in [0.15, 0.2) is 21.3 Å². The molecule has 2 N–H and O–H groups in total. The van der Waals surface area contributed by atoms with E-state index in [0.717, 1.165) is 30.6 Å². The summed E-state index contributed by atoms with van der Waals surface area (Å²) in [6, 6.07) is 1.86. The lowest BCUT2D eigenvalue weighted by Crippen LogP contribution is -2.24. The molecule has 21 heavy (non-hydrogen) atoms. The van der Waals surface area contributed by atoms with E-state index >= 15 is 0 Å². The van der Waals surface area contributed by atoms with E-state index in [-0.39, 0.29) is 5.41 Å². The highest BCUT2D eigenvalue weighted by Gasteiger charge is 2.24. The van der Waals surface area contributed by atoms with Crippen molar-refractivity contribution in [2.75, 3.05) is 6.54 Å². The summed E-state index contributed by atoms with van der Waals surface area (Å²) in [4.78, 5) is 4.46. The Bertz CT molecular complexity index is 566. The minimum atomic E-state index is 0.239. The summed E-state index contributed by atoms with van der Waals surface area (Å²) in [5.41, 5.74) is 6.85. The number of hydrogen-bond donors (Lipinski definition) is 1. The molecule has 0 aromatic carbocycles. The Morgan fingerprint density at radius 3 is 2.62 bits per heavy atom. The Kier molecular flexibility index (Phi) is 4.83. The van der Waals surface area contributed by atoms with Crippen LogP contribution in [0.25, 0.3) is 11.4 Å². The molecule has 0 aliphatic carbocycles. The second kappa shape index (κ2) is 6.43. The number of nitrogens with two attached hydrogens (primary N) is 1. The van der Waals surface area contributed by atoms with Gasteiger partial charge in [-0.15, -0.1) is 0 Å². The van der Waals surface area contributed by atoms with Gasteiger partial charge in [0.2, 0.25) is 11.7 Å². The Balaban J connectivity index is 2.01. The van der Waals surface area contributed by atoms with Gasteiger partial charge in [0.05, 0.1) is 11.8 Å². The number of aromatic nitrogens is 2. The molecule has 0 saturated carbocycles. The maximum atomic E-state index is 5.72. The van der Waals surface area contributed by atoms with Crippen LogP contribution < -0.4 is 5.73 Å². The van der Waals surface area contributed by atoms with Gasteiger partial charge in [0.1, 0.15) is 5.76 Å². The molecule has 1 atom stereocenters. The summed E-state index contributed by atoms with van der Waals surface area (Å²) >= 11 is 0. The van der Waals surface area contributed by atoms with E-state index in [1.54, 1.807) is 6.26 Å². The molecule has 0 saturated heterocycles. The Hall–Kier alpha value is -1.62. The van der Waals surface area contributed by atoms with Gasteiger partial charge in [0.15, 0.2) is 0 Å². The summed E-state index contributed by atoms with van der Waals surface area (Å²) in [6.45, 7) is 9.36. The minimum absolute atomic E-state index is 0.239. The molecule has 116 valence electrons. The summed E-state index contributed by atoms with van der Waals surface area (Å²) in [6.07, 6.45) is 4.45. The molecule has 1 unspecified atom stereocenters. The molecule has 0 aliphatic heterocycles. The molecule has 0 radical (unpaired) electrons. The Morgan fingerprint density at radius 2 is 2.05 bits per heavy atom. The third-order valence-corrected chi connectivity index (χ3v) is 4.01. The van der Waals surface area contributed by atoms with Gasteiger partial charge in [0, 0.05) is 6.42 Å². The monoisotopic (exact) mass is 291 g/mol. The molecule has 0 bridgehead atoms. The number of nitrogens with zero attached hydrogens (tertiary/aromatic N) is 2. The molecule has 2 heterocycles. The van der Waals surface area contributed by atoms with Gasteiger partial charge in [-0.1, -0.05) is 25.9 Å². The highest BCUT2D eigenvalue weighted by atomic mass is 16.5. The first-order chi connectivity index (χ1) is 9.91. The first-order valence-corrected chi connectivity index (χ1v) is 7.49. The van der Waals surface area contributed by atoms with Crippen molar-refractivity contribution >= 4 is 0 Å². The normalized spacial score (nSPS) is 13.6. The zero-order chi connectivity index (χ0) is 15.5. The Morgan fingerprint density at radius 1 is 1.29 bits per heavy atom. The van der Waals surface area contributed by atoms with Gasteiger partial charge in [-0.25, -0.2) is 0 Å². The topological polar surface area (TPSA) is 78.1 Å². The number of aryl methyl sites for hydroxylation is 2. The average molecular weight is 291 g/mol. The van der Waals surface area contributed by atoms with E-state index in [1.807, 2.05) is 13.0 Å². The molecule has 5 nitrogen and oxygen atoms in total. The molecule has 0 fully saturated rings. The zero-order valence-electron chi connectivity index (χ0n) is 13.3. The standard InChI is InChI=1S/C16H25N3O2/c1-11-13(8-10-20-11)15-18-14(21-19-15)6-5-12(7-9-17)16(2,3)4/h8,10,12H,5-7,9,17H2,1-4H3. The smallest absolute Gasteiger partial charge is 0.226 e. The molecular formula is C16H25N3O2. The van der Waals surface area contributed by atoms with E-state index in [1.165, 1.54) is 0 Å². The summed E-state index contributed by atoms with van der Waals surface area (Å²) < 4.78 is 10.6. The van der Waals surface area contributed by atoms with Crippen LogP contribution in [0, 0.1) is 18.3 Å². The van der Waals surface area contributed by atoms with Crippen molar-refractivity contribution in [3.8, 4) is 11.4 Å². The second-order valence-corrected chi connectivity index (χ2v) is 6.58. The quantitative estimate of drug-likeness (QED) is 0.880. The van der Waals surface area contributed by atoms with Crippen LogP contribution >= 0.6 is 0 Å². The van der Waals surface area contributed by atoms with Crippen molar-refractivity contribution in [3.63, 3.8) is 0 Å². The van der Waals surface area contributed by atoms with E-state index in [4.69, 9.17) is 14.7 Å². The lowest BCUT2D eigenvalue weighted by molar-refractivity contribution is 0.208. The summed E-state index contributed by atoms with van der Waals surface area (Å²) in [7, 11) is 0. The number of rotatable bonds is 6. The van der Waals surface area contributed by atoms with Crippen LogP contribution in [0.2, 0.25) is 0 Å². The van der Waals surface area contributed by atoms with Crippen LogP contribution in [0.1, 0.15) is 45.3 Å². The van der Waals surface area contributed by atoms with E-state index in [9.17, 15) is 0 Å². The van der Waals surface area contributed by atoms with E-state index < -0.39 is 0 Å². The fraction of sp³-hybridized carbons (Fsp3) is 0.625. The maximum absolute atomic E-state index is 5.72. The summed E-state index contributed by atoms with van der Waals surface area (Å²) in [5, 5.41) is 4.03. The first-order valence-electron chi connectivity index (χ1n) is 7.49. The lowest BCUT2D eigenvalue weighted by Gasteiger charge is -2.30. The molecule has 0 amide bonds. The van der Waals surface area contributed by atoms with Crippen molar-refractivity contribution < 1.29 is 8.94 Å². The third-order valence-electron chi connectivity index (χ3n) is 4.01. The fourth-order valence-corrected chi connectivity index (χ4v) is 2.59. The molecule has 2 aromatic heterocycles. The van der Waals surface area contributed by atoms with Gasteiger partial charge >= 0.3 is 0 Å². The minimum Gasteiger partial charge on any atom is -0.469 e. The number of hydrogen-bond acceptors (Lipinski definition) is 5. The van der Waals surface area contributed by atoms with Gasteiger partial charge in [-0.2, -0.15) is 4.98 Å². The Labute approximate surface area is 125 Å². The molecule has 0 spiro atoms. The van der Waals surface area contributed by atoms with E-state index in [2.05, 4.69) is 30.9 Å². The fourth-order valence-electron chi connectivity index (χ4n) is 2.59. The molecule has 5 heteroatoms. The van der Waals surface area contributed by atoms with Crippen molar-refractivity contribution in [2.45, 2.75) is 47.0 Å². The van der Waals surface area contributed by atoms with Crippen LogP contribution in [0.4, 0.5) is 0 Å². The van der Waals surface area contributed by atoms with Crippen molar-refractivity contribution in [3.05, 3.63) is 24.0 Å². The van der Waals surface area contributed by atoms with Crippen molar-refractivity contribution in [2.24, 2.45) is 17.1 Å². The van der Waals surface area contributed by atoms with Gasteiger partial charge in [0.25, 0.3) is 0 Å². The van der Waals surface area contributed by atoms with Crippen molar-refractivity contribution in [1.29, 1.82) is 0 Å². The molecule has 2 rings (SSSR count). The summed E-state index contributed by atoms with van der Waals surface area (Å²) in [5.74, 6) is 2.63. The third kappa shape index (κ3) is 3.94. The van der Waals surface area contributed by atoms with Crippen LogP contribution in [-0.2, 0) is 6.42 Å². The van der Waals surface area contributed by atoms with Gasteiger partial charge < -0.3 is 14.7 Å². The number of furan rings is 1. The van der Waals surface area contributed by atoms with Crippen LogP contribution in [-0.4, -0.2) is 16.7 Å². The van der Waals surface area contributed by atoms with Gasteiger partial charge in [-0.05, 0) is 43.7 Å². The zero-order valence-corrected chi connectivity index (χ0v) is 13.3. The predicted octanol–water partition coefficient (Wildman–Crippen LogP) is 3.58. The highest BCUT2D eigenvalue weighted by Crippen LogP contribution is 2.32. The molecule has 0 aliphatic rings. The lowest BCUT2D eigenvalue weighted by atomic mass is 9.76. The maximum Gasteiger partial charge on any atom is 0.226 e. The van der Waals surface area contributed by atoms with Crippen LogP contribution in [0.5, 0.6) is 0 Å². The van der Waals surface area contributed by atoms with E-state index in [0.29, 0.717) is 24.2 Å². The predicted molar refractivity (Wildman–Crippen MR) is 81.7 cm³/mol. The van der Waals surface area contributed by atoms with Gasteiger partial charge in [-0.3, -0.25) is 0 Å². The molecular weight excluding hydrogens is 266 g/mol. The highest BCUT2D eigenvalue weighted by molar-refractivity contribution is 5.55. The average Bonchev–Trinajstić information content (AvgIpc) is 3.01. The van der Waals surface area contributed by atoms with Crippen LogP contribution in [0.3, 0.4) is 0 Å². The van der Waals surface area contributed by atoms with Crippen molar-refractivity contribution in [1.82, 2.24) is 10.1 Å².